The maximum atomic E-state index is 9.24. The molecule has 3 nitrogen and oxygen atoms in total. The SMILES string of the molecule is Cc1cc(C)c(C#N)c(OC2CCC(C)C(C)C2)n1. The van der Waals surface area contributed by atoms with Crippen LogP contribution in [0.15, 0.2) is 6.07 Å². The number of hydrogen-bond donors (Lipinski definition) is 0. The molecule has 0 amide bonds. The van der Waals surface area contributed by atoms with Crippen molar-refractivity contribution in [2.24, 2.45) is 11.8 Å². The van der Waals surface area contributed by atoms with Crippen molar-refractivity contribution in [1.82, 2.24) is 4.98 Å². The number of aryl methyl sites for hydroxylation is 2. The van der Waals surface area contributed by atoms with E-state index in [4.69, 9.17) is 4.74 Å². The van der Waals surface area contributed by atoms with Crippen molar-refractivity contribution in [1.29, 1.82) is 5.26 Å². The van der Waals surface area contributed by atoms with E-state index < -0.39 is 0 Å². The largest absolute Gasteiger partial charge is 0.473 e. The van der Waals surface area contributed by atoms with Crippen LogP contribution in [0.5, 0.6) is 5.88 Å². The highest BCUT2D eigenvalue weighted by atomic mass is 16.5. The molecule has 3 unspecified atom stereocenters. The lowest BCUT2D eigenvalue weighted by molar-refractivity contribution is 0.0960. The van der Waals surface area contributed by atoms with Crippen LogP contribution >= 0.6 is 0 Å². The molecule has 0 saturated heterocycles. The molecule has 0 aromatic carbocycles. The van der Waals surface area contributed by atoms with Crippen LogP contribution < -0.4 is 4.74 Å². The molecule has 19 heavy (non-hydrogen) atoms. The van der Waals surface area contributed by atoms with Gasteiger partial charge in [0.25, 0.3) is 0 Å². The molecule has 0 aliphatic heterocycles. The molecular formula is C16H22N2O. The minimum atomic E-state index is 0.201. The first-order valence-electron chi connectivity index (χ1n) is 7.06. The molecule has 3 atom stereocenters. The second kappa shape index (κ2) is 5.61. The van der Waals surface area contributed by atoms with Crippen LogP contribution in [0.25, 0.3) is 0 Å². The molecule has 0 spiro atoms. The van der Waals surface area contributed by atoms with Crippen molar-refractivity contribution in [2.75, 3.05) is 0 Å². The number of nitriles is 1. The molecule has 0 radical (unpaired) electrons. The van der Waals surface area contributed by atoms with Gasteiger partial charge in [-0.25, -0.2) is 4.98 Å². The topological polar surface area (TPSA) is 45.9 Å². The first kappa shape index (κ1) is 13.9. The van der Waals surface area contributed by atoms with Crippen LogP contribution in [0.2, 0.25) is 0 Å². The van der Waals surface area contributed by atoms with Crippen LogP contribution in [0.4, 0.5) is 0 Å². The quantitative estimate of drug-likeness (QED) is 0.811. The van der Waals surface area contributed by atoms with Gasteiger partial charge in [-0.1, -0.05) is 13.8 Å². The molecule has 102 valence electrons. The Balaban J connectivity index is 2.18. The number of aromatic nitrogens is 1. The zero-order valence-corrected chi connectivity index (χ0v) is 12.2. The third-order valence-electron chi connectivity index (χ3n) is 4.25. The lowest BCUT2D eigenvalue weighted by atomic mass is 9.80. The Morgan fingerprint density at radius 1 is 1.26 bits per heavy atom. The highest BCUT2D eigenvalue weighted by molar-refractivity contribution is 5.45. The van der Waals surface area contributed by atoms with Crippen molar-refractivity contribution in [3.05, 3.63) is 22.9 Å². The lowest BCUT2D eigenvalue weighted by Crippen LogP contribution is -2.29. The van der Waals surface area contributed by atoms with E-state index in [-0.39, 0.29) is 6.10 Å². The zero-order valence-electron chi connectivity index (χ0n) is 12.2. The van der Waals surface area contributed by atoms with Gasteiger partial charge in [0.15, 0.2) is 0 Å². The molecule has 1 aliphatic carbocycles. The van der Waals surface area contributed by atoms with Crippen LogP contribution in [0.1, 0.15) is 49.9 Å². The Morgan fingerprint density at radius 2 is 2.00 bits per heavy atom. The van der Waals surface area contributed by atoms with Crippen LogP contribution in [-0.4, -0.2) is 11.1 Å². The van der Waals surface area contributed by atoms with E-state index in [0.29, 0.717) is 17.4 Å². The van der Waals surface area contributed by atoms with E-state index in [9.17, 15) is 5.26 Å². The fraction of sp³-hybridized carbons (Fsp3) is 0.625. The third-order valence-corrected chi connectivity index (χ3v) is 4.25. The average molecular weight is 258 g/mol. The maximum Gasteiger partial charge on any atom is 0.232 e. The predicted octanol–water partition coefficient (Wildman–Crippen LogP) is 3.77. The van der Waals surface area contributed by atoms with Crippen molar-refractivity contribution >= 4 is 0 Å². The Morgan fingerprint density at radius 3 is 2.63 bits per heavy atom. The summed E-state index contributed by atoms with van der Waals surface area (Å²) in [6.45, 7) is 8.45. The third kappa shape index (κ3) is 3.07. The minimum absolute atomic E-state index is 0.201. The summed E-state index contributed by atoms with van der Waals surface area (Å²) < 4.78 is 6.02. The summed E-state index contributed by atoms with van der Waals surface area (Å²) >= 11 is 0. The standard InChI is InChI=1S/C16H22N2O/c1-10-5-6-14(8-11(10)2)19-16-15(9-17)12(3)7-13(4)18-16/h7,10-11,14H,5-6,8H2,1-4H3. The number of ether oxygens (including phenoxy) is 1. The Labute approximate surface area is 115 Å². The van der Waals surface area contributed by atoms with Crippen molar-refractivity contribution in [3.8, 4) is 11.9 Å². The van der Waals surface area contributed by atoms with Crippen molar-refractivity contribution in [2.45, 2.75) is 53.1 Å². The Kier molecular flexibility index (Phi) is 4.09. The fourth-order valence-electron chi connectivity index (χ4n) is 2.79. The first-order valence-corrected chi connectivity index (χ1v) is 7.06. The Hall–Kier alpha value is -1.56. The molecule has 0 bridgehead atoms. The van der Waals surface area contributed by atoms with Crippen LogP contribution in [-0.2, 0) is 0 Å². The maximum absolute atomic E-state index is 9.24. The lowest BCUT2D eigenvalue weighted by Gasteiger charge is -2.32. The van der Waals surface area contributed by atoms with Crippen LogP contribution in [0, 0.1) is 37.0 Å². The first-order chi connectivity index (χ1) is 9.01. The summed E-state index contributed by atoms with van der Waals surface area (Å²) in [5.41, 5.74) is 2.43. The van der Waals surface area contributed by atoms with Gasteiger partial charge >= 0.3 is 0 Å². The van der Waals surface area contributed by atoms with Gasteiger partial charge in [-0.2, -0.15) is 5.26 Å². The molecule has 1 aliphatic rings. The van der Waals surface area contributed by atoms with E-state index in [0.717, 1.165) is 30.0 Å². The number of hydrogen-bond acceptors (Lipinski definition) is 3. The normalized spacial score (nSPS) is 26.8. The summed E-state index contributed by atoms with van der Waals surface area (Å²) in [4.78, 5) is 4.40. The second-order valence-corrected chi connectivity index (χ2v) is 5.88. The highest BCUT2D eigenvalue weighted by Crippen LogP contribution is 2.32. The average Bonchev–Trinajstić information content (AvgIpc) is 2.33. The molecule has 3 heteroatoms. The highest BCUT2D eigenvalue weighted by Gasteiger charge is 2.27. The van der Waals surface area contributed by atoms with E-state index in [1.165, 1.54) is 6.42 Å². The van der Waals surface area contributed by atoms with Crippen molar-refractivity contribution in [3.63, 3.8) is 0 Å². The van der Waals surface area contributed by atoms with Gasteiger partial charge < -0.3 is 4.74 Å². The summed E-state index contributed by atoms with van der Waals surface area (Å²) in [6.07, 6.45) is 3.51. The molecule has 1 aromatic rings. The van der Waals surface area contributed by atoms with Crippen LogP contribution in [0.3, 0.4) is 0 Å². The van der Waals surface area contributed by atoms with Gasteiger partial charge in [-0.15, -0.1) is 0 Å². The van der Waals surface area contributed by atoms with E-state index >= 15 is 0 Å². The summed E-state index contributed by atoms with van der Waals surface area (Å²) in [7, 11) is 0. The summed E-state index contributed by atoms with van der Waals surface area (Å²) in [6, 6.07) is 4.14. The number of rotatable bonds is 2. The Bertz CT molecular complexity index is 504. The molecule has 1 fully saturated rings. The molecule has 0 N–H and O–H groups in total. The van der Waals surface area contributed by atoms with E-state index in [1.807, 2.05) is 19.9 Å². The van der Waals surface area contributed by atoms with E-state index in [1.54, 1.807) is 0 Å². The minimum Gasteiger partial charge on any atom is -0.473 e. The monoisotopic (exact) mass is 258 g/mol. The smallest absolute Gasteiger partial charge is 0.232 e. The number of nitrogens with zero attached hydrogens (tertiary/aromatic N) is 2. The van der Waals surface area contributed by atoms with Gasteiger partial charge in [0.05, 0.1) is 0 Å². The van der Waals surface area contributed by atoms with Gasteiger partial charge in [-0.3, -0.25) is 0 Å². The second-order valence-electron chi connectivity index (χ2n) is 5.88. The van der Waals surface area contributed by atoms with Gasteiger partial charge in [-0.05, 0) is 56.6 Å². The van der Waals surface area contributed by atoms with Gasteiger partial charge in [0.1, 0.15) is 17.7 Å². The fourth-order valence-corrected chi connectivity index (χ4v) is 2.79. The molecular weight excluding hydrogens is 236 g/mol. The van der Waals surface area contributed by atoms with Crippen molar-refractivity contribution < 1.29 is 4.74 Å². The van der Waals surface area contributed by atoms with E-state index in [2.05, 4.69) is 24.9 Å². The summed E-state index contributed by atoms with van der Waals surface area (Å²) in [5.74, 6) is 1.96. The molecule has 1 saturated carbocycles. The van der Waals surface area contributed by atoms with Gasteiger partial charge in [0.2, 0.25) is 5.88 Å². The summed E-state index contributed by atoms with van der Waals surface area (Å²) in [5, 5.41) is 9.24. The van der Waals surface area contributed by atoms with Gasteiger partial charge in [0, 0.05) is 5.69 Å². The predicted molar refractivity (Wildman–Crippen MR) is 75.0 cm³/mol. The molecule has 2 rings (SSSR count). The number of pyridine rings is 1. The molecule has 1 aromatic heterocycles. The zero-order chi connectivity index (χ0) is 14.0. The molecule has 1 heterocycles.